The van der Waals surface area contributed by atoms with Gasteiger partial charge < -0.3 is 5.73 Å². The molecule has 0 radical (unpaired) electrons. The average molecular weight is 416 g/mol. The van der Waals surface area contributed by atoms with Crippen LogP contribution in [-0.2, 0) is 16.0 Å². The number of hydrogen-bond acceptors (Lipinski definition) is 5. The molecule has 1 aromatic carbocycles. The Bertz CT molecular complexity index is 961. The first-order valence-electron chi connectivity index (χ1n) is 6.41. The fraction of sp³-hybridized carbons (Fsp3) is 0.231. The third-order valence-corrected chi connectivity index (χ3v) is 4.86. The fourth-order valence-electron chi connectivity index (χ4n) is 2.11. The van der Waals surface area contributed by atoms with Crippen LogP contribution in [0.4, 0.5) is 19.0 Å². The zero-order valence-corrected chi connectivity index (χ0v) is 15.0. The molecule has 0 saturated carbocycles. The highest BCUT2D eigenvalue weighted by Gasteiger charge is 2.33. The number of ketones is 1. The van der Waals surface area contributed by atoms with Gasteiger partial charge >= 0.3 is 6.18 Å². The summed E-state index contributed by atoms with van der Waals surface area (Å²) in [6.45, 7) is 1.07. The van der Waals surface area contributed by atoms with E-state index in [0.29, 0.717) is 12.1 Å². The number of anilines is 1. The van der Waals surface area contributed by atoms with Gasteiger partial charge in [-0.2, -0.15) is 18.3 Å². The second kappa shape index (κ2) is 6.19. The van der Waals surface area contributed by atoms with Gasteiger partial charge in [0.2, 0.25) is 0 Å². The fourth-order valence-corrected chi connectivity index (χ4v) is 3.76. The summed E-state index contributed by atoms with van der Waals surface area (Å²) >= 11 is 11.7. The van der Waals surface area contributed by atoms with E-state index in [9.17, 15) is 26.4 Å². The lowest BCUT2D eigenvalue weighted by Gasteiger charge is -2.13. The molecule has 0 amide bonds. The lowest BCUT2D eigenvalue weighted by atomic mass is 10.2. The molecule has 0 bridgehead atoms. The number of aromatic nitrogens is 2. The van der Waals surface area contributed by atoms with Crippen molar-refractivity contribution in [1.29, 1.82) is 0 Å². The van der Waals surface area contributed by atoms with Crippen LogP contribution in [0, 0.1) is 0 Å². The number of rotatable bonds is 3. The van der Waals surface area contributed by atoms with Gasteiger partial charge in [0.1, 0.15) is 22.1 Å². The smallest absolute Gasteiger partial charge is 0.382 e. The number of nitrogens with zero attached hydrogens (tertiary/aromatic N) is 2. The molecule has 25 heavy (non-hydrogen) atoms. The van der Waals surface area contributed by atoms with E-state index >= 15 is 0 Å². The quantitative estimate of drug-likeness (QED) is 0.775. The summed E-state index contributed by atoms with van der Waals surface area (Å²) < 4.78 is 62.9. The average Bonchev–Trinajstić information content (AvgIpc) is 2.75. The van der Waals surface area contributed by atoms with Gasteiger partial charge in [0.25, 0.3) is 0 Å². The molecule has 2 aromatic rings. The van der Waals surface area contributed by atoms with Crippen molar-refractivity contribution in [2.24, 2.45) is 0 Å². The highest BCUT2D eigenvalue weighted by atomic mass is 35.5. The van der Waals surface area contributed by atoms with Crippen molar-refractivity contribution >= 4 is 44.6 Å². The van der Waals surface area contributed by atoms with Gasteiger partial charge in [-0.05, 0) is 12.1 Å². The van der Waals surface area contributed by atoms with Crippen LogP contribution in [0.25, 0.3) is 5.69 Å². The van der Waals surface area contributed by atoms with Crippen LogP contribution >= 0.6 is 23.2 Å². The van der Waals surface area contributed by atoms with Crippen molar-refractivity contribution in [2.75, 3.05) is 12.0 Å². The van der Waals surface area contributed by atoms with Crippen LogP contribution in [0.2, 0.25) is 10.0 Å². The van der Waals surface area contributed by atoms with Crippen LogP contribution in [-0.4, -0.2) is 30.2 Å². The van der Waals surface area contributed by atoms with Gasteiger partial charge in [0.15, 0.2) is 15.6 Å². The monoisotopic (exact) mass is 415 g/mol. The molecule has 0 aliphatic heterocycles. The van der Waals surface area contributed by atoms with Crippen LogP contribution in [0.15, 0.2) is 17.0 Å². The molecule has 0 aliphatic rings. The van der Waals surface area contributed by atoms with Crippen molar-refractivity contribution in [3.05, 3.63) is 33.4 Å². The topological polar surface area (TPSA) is 95.0 Å². The molecule has 6 nitrogen and oxygen atoms in total. The molecular formula is C13H10Cl2F3N3O3S. The summed E-state index contributed by atoms with van der Waals surface area (Å²) in [6.07, 6.45) is -3.88. The number of halogens is 5. The molecule has 0 atom stereocenters. The molecule has 2 N–H and O–H groups in total. The zero-order valence-electron chi connectivity index (χ0n) is 12.6. The molecular weight excluding hydrogens is 406 g/mol. The van der Waals surface area contributed by atoms with Gasteiger partial charge in [-0.3, -0.25) is 4.79 Å². The number of hydrogen-bond donors (Lipinski definition) is 1. The predicted molar refractivity (Wildman–Crippen MR) is 86.1 cm³/mol. The van der Waals surface area contributed by atoms with E-state index in [1.165, 1.54) is 0 Å². The van der Waals surface area contributed by atoms with E-state index in [1.54, 1.807) is 0 Å². The second-order valence-corrected chi connectivity index (χ2v) is 7.86. The normalized spacial score (nSPS) is 12.4. The van der Waals surface area contributed by atoms with Gasteiger partial charge in [0, 0.05) is 13.2 Å². The summed E-state index contributed by atoms with van der Waals surface area (Å²) in [4.78, 5) is 11.1. The summed E-state index contributed by atoms with van der Waals surface area (Å²) in [5.41, 5.74) is 3.91. The number of nitrogen functional groups attached to an aromatic ring is 1. The second-order valence-electron chi connectivity index (χ2n) is 5.09. The Hall–Kier alpha value is -1.78. The minimum atomic E-state index is -4.69. The largest absolute Gasteiger partial charge is 0.416 e. The molecule has 0 saturated heterocycles. The Morgan fingerprint density at radius 1 is 1.24 bits per heavy atom. The molecule has 0 spiro atoms. The SMILES string of the molecule is CC(=O)c1nn(-c2c(Cl)cc(C(F)(F)F)cc2Cl)c(N)c1S(C)(=O)=O. The molecule has 0 unspecified atom stereocenters. The maximum atomic E-state index is 12.8. The van der Waals surface area contributed by atoms with E-state index < -0.39 is 53.8 Å². The minimum absolute atomic E-state index is 0.272. The number of carbonyl (C=O) groups is 1. The van der Waals surface area contributed by atoms with Gasteiger partial charge in [-0.1, -0.05) is 23.2 Å². The van der Waals surface area contributed by atoms with E-state index in [1.807, 2.05) is 0 Å². The molecule has 0 fully saturated rings. The Balaban J connectivity index is 2.83. The first kappa shape index (κ1) is 19.5. The van der Waals surface area contributed by atoms with E-state index in [4.69, 9.17) is 28.9 Å². The van der Waals surface area contributed by atoms with E-state index in [2.05, 4.69) is 5.10 Å². The van der Waals surface area contributed by atoms with Crippen LogP contribution in [0.5, 0.6) is 0 Å². The number of benzene rings is 1. The van der Waals surface area contributed by atoms with Gasteiger partial charge in [-0.15, -0.1) is 0 Å². The standard InChI is InChI=1S/C13H10Cl2F3N3O3S/c1-5(22)9-11(25(2,23)24)12(19)21(20-9)10-7(14)3-6(4-8(10)15)13(16,17)18/h3-4H,19H2,1-2H3. The molecule has 2 rings (SSSR count). The lowest BCUT2D eigenvalue weighted by molar-refractivity contribution is -0.137. The van der Waals surface area contributed by atoms with Crippen molar-refractivity contribution in [2.45, 2.75) is 18.0 Å². The number of alkyl halides is 3. The summed E-state index contributed by atoms with van der Waals surface area (Å²) in [6, 6.07) is 1.19. The predicted octanol–water partition coefficient (Wildman–Crippen LogP) is 3.39. The third-order valence-electron chi connectivity index (χ3n) is 3.14. The maximum absolute atomic E-state index is 12.8. The number of nitrogens with two attached hydrogens (primary N) is 1. The Morgan fingerprint density at radius 3 is 2.04 bits per heavy atom. The number of carbonyl (C=O) groups excluding carboxylic acids is 1. The van der Waals surface area contributed by atoms with Crippen molar-refractivity contribution in [3.8, 4) is 5.69 Å². The Kier molecular flexibility index (Phi) is 4.84. The van der Waals surface area contributed by atoms with Crippen LogP contribution in [0.3, 0.4) is 0 Å². The minimum Gasteiger partial charge on any atom is -0.382 e. The molecule has 1 aromatic heterocycles. The summed E-state index contributed by atoms with van der Waals surface area (Å²) in [5.74, 6) is -1.19. The van der Waals surface area contributed by atoms with Crippen LogP contribution in [0.1, 0.15) is 23.0 Å². The van der Waals surface area contributed by atoms with Crippen molar-refractivity contribution in [1.82, 2.24) is 9.78 Å². The lowest BCUT2D eigenvalue weighted by Crippen LogP contribution is -2.09. The Morgan fingerprint density at radius 2 is 1.72 bits per heavy atom. The van der Waals surface area contributed by atoms with Gasteiger partial charge in [0.05, 0.1) is 15.6 Å². The molecule has 1 heterocycles. The van der Waals surface area contributed by atoms with E-state index in [-0.39, 0.29) is 5.69 Å². The molecule has 0 aliphatic carbocycles. The highest BCUT2D eigenvalue weighted by molar-refractivity contribution is 7.91. The zero-order chi connectivity index (χ0) is 19.3. The summed E-state index contributed by atoms with van der Waals surface area (Å²) in [7, 11) is -3.95. The van der Waals surface area contributed by atoms with Crippen molar-refractivity contribution in [3.63, 3.8) is 0 Å². The number of sulfone groups is 1. The Labute approximate surface area is 150 Å². The third kappa shape index (κ3) is 3.60. The van der Waals surface area contributed by atoms with Crippen molar-refractivity contribution < 1.29 is 26.4 Å². The molecule has 136 valence electrons. The highest BCUT2D eigenvalue weighted by Crippen LogP contribution is 2.39. The van der Waals surface area contributed by atoms with Gasteiger partial charge in [-0.25, -0.2) is 13.1 Å². The van der Waals surface area contributed by atoms with Crippen LogP contribution < -0.4 is 5.73 Å². The number of Topliss-reactive ketones (excluding diaryl/α,β-unsaturated/α-hetero) is 1. The maximum Gasteiger partial charge on any atom is 0.416 e. The van der Waals surface area contributed by atoms with E-state index in [0.717, 1.165) is 17.9 Å². The first-order valence-corrected chi connectivity index (χ1v) is 9.06. The first-order chi connectivity index (χ1) is 11.2. The summed E-state index contributed by atoms with van der Waals surface area (Å²) in [5, 5.41) is 2.84. The molecule has 12 heteroatoms.